The van der Waals surface area contributed by atoms with Crippen LogP contribution in [0.25, 0.3) is 10.9 Å². The van der Waals surface area contributed by atoms with Crippen LogP contribution in [0.1, 0.15) is 24.5 Å². The van der Waals surface area contributed by atoms with Crippen molar-refractivity contribution in [2.24, 2.45) is 23.1 Å². The highest BCUT2D eigenvalue weighted by Crippen LogP contribution is 2.15. The summed E-state index contributed by atoms with van der Waals surface area (Å²) in [4.78, 5) is 45.5. The Bertz CT molecular complexity index is 1210. The second-order valence-electron chi connectivity index (χ2n) is 9.48. The largest absolute Gasteiger partial charge is 0.345 e. The number of benzene rings is 2. The average Bonchev–Trinajstić information content (AvgIpc) is 2.94. The molecular formula is C29H38N6O3. The summed E-state index contributed by atoms with van der Waals surface area (Å²) in [6.07, 6.45) is 2.80. The molecule has 3 rings (SSSR count). The molecule has 0 unspecified atom stereocenters. The zero-order valence-corrected chi connectivity index (χ0v) is 21.9. The van der Waals surface area contributed by atoms with E-state index in [2.05, 4.69) is 10.3 Å². The number of rotatable bonds is 14. The maximum Gasteiger partial charge on any atom is 0.238 e. The molecule has 1 heterocycles. The van der Waals surface area contributed by atoms with Crippen molar-refractivity contribution < 1.29 is 14.4 Å². The molecule has 2 amide bonds. The number of nitrogens with one attached hydrogen (secondary N) is 1. The summed E-state index contributed by atoms with van der Waals surface area (Å²) in [6.45, 7) is 2.81. The summed E-state index contributed by atoms with van der Waals surface area (Å²) in [5.74, 6) is -1.79. The molecule has 0 saturated carbocycles. The van der Waals surface area contributed by atoms with Crippen LogP contribution in [0.4, 0.5) is 0 Å². The van der Waals surface area contributed by atoms with Gasteiger partial charge in [-0.1, -0.05) is 55.5 Å². The number of nitrogens with two attached hydrogens (primary N) is 3. The molecule has 0 spiro atoms. The monoisotopic (exact) mass is 518 g/mol. The molecule has 0 aliphatic rings. The topological polar surface area (TPSA) is 157 Å². The normalized spacial score (nSPS) is 13.5. The number of Topliss-reactive ketones (excluding diaryl/α,β-unsaturated/α-hetero) is 1. The van der Waals surface area contributed by atoms with Crippen molar-refractivity contribution in [3.63, 3.8) is 0 Å². The minimum atomic E-state index is -1.13. The van der Waals surface area contributed by atoms with Gasteiger partial charge in [-0.15, -0.1) is 0 Å². The van der Waals surface area contributed by atoms with Gasteiger partial charge >= 0.3 is 0 Å². The molecule has 3 atom stereocenters. The van der Waals surface area contributed by atoms with Gasteiger partial charge in [0.1, 0.15) is 0 Å². The second-order valence-corrected chi connectivity index (χ2v) is 9.48. The fourth-order valence-electron chi connectivity index (χ4n) is 4.39. The van der Waals surface area contributed by atoms with Gasteiger partial charge in [0.15, 0.2) is 5.78 Å². The maximum atomic E-state index is 13.4. The van der Waals surface area contributed by atoms with E-state index in [1.54, 1.807) is 13.1 Å². The third-order valence-electron chi connectivity index (χ3n) is 6.64. The van der Waals surface area contributed by atoms with E-state index in [1.807, 2.05) is 60.7 Å². The highest BCUT2D eigenvalue weighted by Gasteiger charge is 2.32. The van der Waals surface area contributed by atoms with Crippen LogP contribution >= 0.6 is 0 Å². The predicted molar refractivity (Wildman–Crippen MR) is 149 cm³/mol. The van der Waals surface area contributed by atoms with Gasteiger partial charge in [0, 0.05) is 44.2 Å². The van der Waals surface area contributed by atoms with E-state index in [0.29, 0.717) is 25.9 Å². The third kappa shape index (κ3) is 7.92. The molecule has 0 fully saturated rings. The van der Waals surface area contributed by atoms with Crippen molar-refractivity contribution in [3.8, 4) is 0 Å². The average molecular weight is 519 g/mol. The lowest BCUT2D eigenvalue weighted by atomic mass is 9.96. The van der Waals surface area contributed by atoms with Crippen LogP contribution in [0.5, 0.6) is 0 Å². The summed E-state index contributed by atoms with van der Waals surface area (Å²) < 4.78 is 0. The first-order valence-corrected chi connectivity index (χ1v) is 13.0. The SMILES string of the molecule is C[C@@H](C(=O)N(CCN)CCN)[C@H](N)C(=O)N[C@@H](CCc1ccccc1)C(=O)Cc1cnc2ccccc2c1. The number of aromatic nitrogens is 1. The van der Waals surface area contributed by atoms with Gasteiger partial charge in [0.2, 0.25) is 11.8 Å². The number of ketones is 1. The summed E-state index contributed by atoms with van der Waals surface area (Å²) in [7, 11) is 0. The van der Waals surface area contributed by atoms with Crippen LogP contribution in [-0.2, 0) is 27.2 Å². The van der Waals surface area contributed by atoms with Crippen molar-refractivity contribution >= 4 is 28.5 Å². The molecule has 9 heteroatoms. The van der Waals surface area contributed by atoms with E-state index in [-0.39, 0.29) is 31.2 Å². The van der Waals surface area contributed by atoms with Gasteiger partial charge < -0.3 is 27.4 Å². The zero-order valence-electron chi connectivity index (χ0n) is 21.9. The molecule has 0 aliphatic carbocycles. The Morgan fingerprint density at radius 3 is 2.29 bits per heavy atom. The number of amides is 2. The third-order valence-corrected chi connectivity index (χ3v) is 6.64. The molecule has 202 valence electrons. The van der Waals surface area contributed by atoms with Gasteiger partial charge in [-0.25, -0.2) is 0 Å². The summed E-state index contributed by atoms with van der Waals surface area (Å²) >= 11 is 0. The minimum absolute atomic E-state index is 0.113. The number of carbonyl (C=O) groups is 3. The van der Waals surface area contributed by atoms with E-state index >= 15 is 0 Å². The Kier molecular flexibility index (Phi) is 10.9. The summed E-state index contributed by atoms with van der Waals surface area (Å²) in [5.41, 5.74) is 20.1. The number of aryl methyl sites for hydroxylation is 1. The molecule has 1 aromatic heterocycles. The van der Waals surface area contributed by atoms with Crippen LogP contribution < -0.4 is 22.5 Å². The van der Waals surface area contributed by atoms with E-state index < -0.39 is 23.9 Å². The Labute approximate surface area is 223 Å². The van der Waals surface area contributed by atoms with Crippen LogP contribution in [0.3, 0.4) is 0 Å². The first-order valence-electron chi connectivity index (χ1n) is 13.0. The standard InChI is InChI=1S/C29H38N6O3/c1-20(29(38)35(15-13-30)16-14-31)27(32)28(37)34-25(12-11-21-7-3-2-4-8-21)26(36)18-22-17-23-9-5-6-10-24(23)33-19-22/h2-10,17,19-20,25,27H,11-16,18,30-32H2,1H3,(H,34,37)/t20-,25+,27+/m1/s1. The van der Waals surface area contributed by atoms with Gasteiger partial charge in [-0.2, -0.15) is 0 Å². The van der Waals surface area contributed by atoms with Gasteiger partial charge in [0.25, 0.3) is 0 Å². The Balaban J connectivity index is 1.73. The molecule has 7 N–H and O–H groups in total. The van der Waals surface area contributed by atoms with Crippen molar-refractivity contribution in [3.05, 3.63) is 78.0 Å². The van der Waals surface area contributed by atoms with Crippen molar-refractivity contribution in [2.45, 2.75) is 38.3 Å². The summed E-state index contributed by atoms with van der Waals surface area (Å²) in [6, 6.07) is 17.5. The number of carbonyl (C=O) groups excluding carboxylic acids is 3. The molecule has 0 saturated heterocycles. The molecule has 0 bridgehead atoms. The molecule has 0 aliphatic heterocycles. The lowest BCUT2D eigenvalue weighted by Gasteiger charge is -2.28. The van der Waals surface area contributed by atoms with E-state index in [0.717, 1.165) is 22.0 Å². The number of hydrogen-bond acceptors (Lipinski definition) is 7. The molecule has 0 radical (unpaired) electrons. The number of hydrogen-bond donors (Lipinski definition) is 4. The van der Waals surface area contributed by atoms with Crippen LogP contribution in [0.15, 0.2) is 66.9 Å². The molecule has 3 aromatic rings. The number of fused-ring (bicyclic) bond motifs is 1. The first-order chi connectivity index (χ1) is 18.3. The fourth-order valence-corrected chi connectivity index (χ4v) is 4.39. The molecule has 38 heavy (non-hydrogen) atoms. The predicted octanol–water partition coefficient (Wildman–Crippen LogP) is 1.17. The fraction of sp³-hybridized carbons (Fsp3) is 0.379. The number of nitrogens with zero attached hydrogens (tertiary/aromatic N) is 2. The zero-order chi connectivity index (χ0) is 27.5. The number of para-hydroxylation sites is 1. The highest BCUT2D eigenvalue weighted by atomic mass is 16.2. The van der Waals surface area contributed by atoms with Crippen LogP contribution in [0, 0.1) is 5.92 Å². The molecule has 2 aromatic carbocycles. The van der Waals surface area contributed by atoms with Crippen LogP contribution in [-0.4, -0.2) is 65.7 Å². The lowest BCUT2D eigenvalue weighted by Crippen LogP contribution is -2.55. The highest BCUT2D eigenvalue weighted by molar-refractivity contribution is 5.94. The van der Waals surface area contributed by atoms with E-state index in [9.17, 15) is 14.4 Å². The Morgan fingerprint density at radius 2 is 1.61 bits per heavy atom. The van der Waals surface area contributed by atoms with Crippen molar-refractivity contribution in [1.82, 2.24) is 15.2 Å². The quantitative estimate of drug-likeness (QED) is 0.249. The van der Waals surface area contributed by atoms with Gasteiger partial charge in [-0.05, 0) is 36.1 Å². The number of pyridine rings is 1. The maximum absolute atomic E-state index is 13.4. The van der Waals surface area contributed by atoms with Gasteiger partial charge in [-0.3, -0.25) is 19.4 Å². The molecular weight excluding hydrogens is 480 g/mol. The lowest BCUT2D eigenvalue weighted by molar-refractivity contribution is -0.139. The molecule has 9 nitrogen and oxygen atoms in total. The first kappa shape index (κ1) is 28.9. The van der Waals surface area contributed by atoms with Gasteiger partial charge in [0.05, 0.1) is 23.5 Å². The summed E-state index contributed by atoms with van der Waals surface area (Å²) in [5, 5.41) is 3.77. The Morgan fingerprint density at radius 1 is 0.947 bits per heavy atom. The second kappa shape index (κ2) is 14.3. The van der Waals surface area contributed by atoms with Crippen molar-refractivity contribution in [1.29, 1.82) is 0 Å². The van der Waals surface area contributed by atoms with Crippen LogP contribution in [0.2, 0.25) is 0 Å². The van der Waals surface area contributed by atoms with Crippen molar-refractivity contribution in [2.75, 3.05) is 26.2 Å². The minimum Gasteiger partial charge on any atom is -0.345 e. The smallest absolute Gasteiger partial charge is 0.238 e. The van der Waals surface area contributed by atoms with E-state index in [1.165, 1.54) is 4.90 Å². The van der Waals surface area contributed by atoms with E-state index in [4.69, 9.17) is 17.2 Å². The Hall–Kier alpha value is -3.66.